The Morgan fingerprint density at radius 1 is 0.519 bits per heavy atom. The first-order valence-electron chi connectivity index (χ1n) is 19.5. The number of fused-ring (bicyclic) bond motifs is 1. The number of imidazole rings is 1. The van der Waals surface area contributed by atoms with E-state index in [1.54, 1.807) is 18.2 Å². The smallest absolute Gasteiger partial charge is 0.149 e. The zero-order chi connectivity index (χ0) is 39.1. The number of benzene rings is 7. The van der Waals surface area contributed by atoms with E-state index in [0.717, 1.165) is 55.7 Å². The summed E-state index contributed by atoms with van der Waals surface area (Å²) in [4.78, 5) is 10.1. The Morgan fingerprint density at radius 2 is 1.20 bits per heavy atom. The molecule has 0 radical (unpaired) electrons. The molecule has 4 nitrogen and oxygen atoms in total. The first-order chi connectivity index (χ1) is 27.7. The Labute approximate surface area is 319 Å². The lowest BCUT2D eigenvalue weighted by Crippen LogP contribution is -1.99. The van der Waals surface area contributed by atoms with Gasteiger partial charge in [0.05, 0.1) is 22.3 Å². The fraction of sp³-hybridized carbons (Fsp3) is 0.0400. The molecule has 9 aromatic rings. The van der Waals surface area contributed by atoms with Crippen LogP contribution in [0.15, 0.2) is 182 Å². The number of pyridine rings is 1. The molecule has 0 saturated carbocycles. The Balaban J connectivity index is 1.27. The van der Waals surface area contributed by atoms with Crippen LogP contribution in [0.4, 0.5) is 0 Å². The molecule has 0 aliphatic heterocycles. The summed E-state index contributed by atoms with van der Waals surface area (Å²) in [5.74, 6) is 0.562. The first-order valence-corrected chi connectivity index (χ1v) is 18.0. The lowest BCUT2D eigenvalue weighted by atomic mass is 9.93. The maximum Gasteiger partial charge on any atom is 0.149 e. The van der Waals surface area contributed by atoms with Crippen molar-refractivity contribution in [3.8, 4) is 78.6 Å². The van der Waals surface area contributed by atoms with E-state index in [9.17, 15) is 5.11 Å². The summed E-state index contributed by atoms with van der Waals surface area (Å²) in [6, 6.07) is 57.7. The molecule has 0 fully saturated rings. The van der Waals surface area contributed by atoms with Crippen molar-refractivity contribution >= 4 is 11.0 Å². The monoisotopic (exact) mass is 698 g/mol. The lowest BCUT2D eigenvalue weighted by molar-refractivity contribution is 0.477. The number of phenolic OH excluding ortho intramolecular Hbond substituents is 1. The molecule has 0 unspecified atom stereocenters. The predicted octanol–water partition coefficient (Wildman–Crippen LogP) is 12.7. The van der Waals surface area contributed by atoms with Gasteiger partial charge in [-0.15, -0.1) is 0 Å². The summed E-state index contributed by atoms with van der Waals surface area (Å²) < 4.78 is 27.6. The Kier molecular flexibility index (Phi) is 7.56. The standard InChI is InChI=1S/C50H37N3O/c1-33-20-22-36(23-21-33)38-26-27-51-46(32-38)41-30-39(35-12-5-3-6-13-35)29-40(31-41)44-17-11-18-47-49(44)52-50(45-16-9-10-19-48(45)54)53(47)42-24-25-43(34(2)28-42)37-14-7-4-8-15-37/h3-32,54H,1-2H3/i2D3. The number of aryl methyl sites for hydroxylation is 2. The topological polar surface area (TPSA) is 50.9 Å². The highest BCUT2D eigenvalue weighted by molar-refractivity contribution is 5.97. The zero-order valence-corrected chi connectivity index (χ0v) is 29.6. The van der Waals surface area contributed by atoms with E-state index in [0.29, 0.717) is 28.2 Å². The van der Waals surface area contributed by atoms with Crippen molar-refractivity contribution < 1.29 is 9.22 Å². The normalized spacial score (nSPS) is 12.3. The van der Waals surface area contributed by atoms with Crippen molar-refractivity contribution in [1.29, 1.82) is 0 Å². The van der Waals surface area contributed by atoms with E-state index in [2.05, 4.69) is 73.7 Å². The minimum Gasteiger partial charge on any atom is -0.507 e. The molecule has 0 aliphatic rings. The van der Waals surface area contributed by atoms with Crippen molar-refractivity contribution in [3.05, 3.63) is 193 Å². The van der Waals surface area contributed by atoms with Gasteiger partial charge in [-0.05, 0) is 119 Å². The van der Waals surface area contributed by atoms with E-state index in [4.69, 9.17) is 14.1 Å². The van der Waals surface area contributed by atoms with E-state index in [-0.39, 0.29) is 11.3 Å². The summed E-state index contributed by atoms with van der Waals surface area (Å²) in [6.07, 6.45) is 1.86. The third-order valence-electron chi connectivity index (χ3n) is 9.97. The van der Waals surface area contributed by atoms with Gasteiger partial charge in [-0.2, -0.15) is 0 Å². The van der Waals surface area contributed by atoms with Crippen molar-refractivity contribution in [3.63, 3.8) is 0 Å². The number of rotatable bonds is 7. The van der Waals surface area contributed by atoms with Crippen molar-refractivity contribution in [2.24, 2.45) is 0 Å². The predicted molar refractivity (Wildman–Crippen MR) is 223 cm³/mol. The van der Waals surface area contributed by atoms with Crippen molar-refractivity contribution in [2.75, 3.05) is 0 Å². The number of aromatic hydroxyl groups is 1. The number of para-hydroxylation sites is 2. The number of hydrogen-bond donors (Lipinski definition) is 1. The second-order valence-corrected chi connectivity index (χ2v) is 13.5. The van der Waals surface area contributed by atoms with Gasteiger partial charge in [-0.3, -0.25) is 9.55 Å². The molecule has 2 aromatic heterocycles. The summed E-state index contributed by atoms with van der Waals surface area (Å²) in [7, 11) is 0. The fourth-order valence-electron chi connectivity index (χ4n) is 7.22. The van der Waals surface area contributed by atoms with Crippen molar-refractivity contribution in [2.45, 2.75) is 13.8 Å². The second-order valence-electron chi connectivity index (χ2n) is 13.5. The van der Waals surface area contributed by atoms with Gasteiger partial charge in [-0.25, -0.2) is 4.98 Å². The summed E-state index contributed by atoms with van der Waals surface area (Å²) in [5.41, 5.74) is 13.4. The van der Waals surface area contributed by atoms with Crippen molar-refractivity contribution in [1.82, 2.24) is 14.5 Å². The number of aromatic nitrogens is 3. The fourth-order valence-corrected chi connectivity index (χ4v) is 7.22. The van der Waals surface area contributed by atoms with E-state index >= 15 is 0 Å². The van der Waals surface area contributed by atoms with E-state index < -0.39 is 6.85 Å². The minimum atomic E-state index is -2.39. The quantitative estimate of drug-likeness (QED) is 0.180. The van der Waals surface area contributed by atoms with Crippen LogP contribution in [-0.4, -0.2) is 19.6 Å². The van der Waals surface area contributed by atoms with Crippen LogP contribution in [0.25, 0.3) is 83.9 Å². The van der Waals surface area contributed by atoms with Crippen LogP contribution in [0.5, 0.6) is 5.75 Å². The highest BCUT2D eigenvalue weighted by Crippen LogP contribution is 2.40. The molecule has 7 aromatic carbocycles. The third-order valence-corrected chi connectivity index (χ3v) is 9.97. The van der Waals surface area contributed by atoms with E-state index in [1.807, 2.05) is 102 Å². The van der Waals surface area contributed by atoms with Gasteiger partial charge in [0.15, 0.2) is 0 Å². The third kappa shape index (κ3) is 6.14. The number of phenols is 1. The number of hydrogen-bond acceptors (Lipinski definition) is 3. The average Bonchev–Trinajstić information content (AvgIpc) is 3.64. The molecular weight excluding hydrogens is 659 g/mol. The summed E-state index contributed by atoms with van der Waals surface area (Å²) in [5, 5.41) is 11.2. The summed E-state index contributed by atoms with van der Waals surface area (Å²) >= 11 is 0. The molecule has 2 heterocycles. The maximum atomic E-state index is 11.2. The molecule has 258 valence electrons. The molecule has 1 N–H and O–H groups in total. The van der Waals surface area contributed by atoms with Crippen LogP contribution in [0.3, 0.4) is 0 Å². The van der Waals surface area contributed by atoms with E-state index in [1.165, 1.54) is 5.56 Å². The van der Waals surface area contributed by atoms with Crippen LogP contribution < -0.4 is 0 Å². The molecule has 0 bridgehead atoms. The second kappa shape index (κ2) is 13.8. The molecule has 0 spiro atoms. The molecule has 9 rings (SSSR count). The van der Waals surface area contributed by atoms with Crippen LogP contribution >= 0.6 is 0 Å². The Morgan fingerprint density at radius 3 is 1.98 bits per heavy atom. The van der Waals surface area contributed by atoms with Crippen LogP contribution in [-0.2, 0) is 0 Å². The molecule has 54 heavy (non-hydrogen) atoms. The van der Waals surface area contributed by atoms with Gasteiger partial charge in [0, 0.05) is 27.1 Å². The van der Waals surface area contributed by atoms with Crippen LogP contribution in [0, 0.1) is 13.8 Å². The van der Waals surface area contributed by atoms with Gasteiger partial charge in [0.2, 0.25) is 0 Å². The molecule has 0 aliphatic carbocycles. The van der Waals surface area contributed by atoms with Gasteiger partial charge in [-0.1, -0.05) is 121 Å². The molecule has 0 saturated heterocycles. The molecule has 4 heteroatoms. The van der Waals surface area contributed by atoms with Crippen LogP contribution in [0.1, 0.15) is 15.2 Å². The van der Waals surface area contributed by atoms with Gasteiger partial charge in [0.25, 0.3) is 0 Å². The minimum absolute atomic E-state index is 0.0699. The summed E-state index contributed by atoms with van der Waals surface area (Å²) in [6.45, 7) is -0.305. The van der Waals surface area contributed by atoms with Crippen LogP contribution in [0.2, 0.25) is 0 Å². The van der Waals surface area contributed by atoms with Gasteiger partial charge >= 0.3 is 0 Å². The highest BCUT2D eigenvalue weighted by Gasteiger charge is 2.21. The Bertz CT molecular complexity index is 2900. The first kappa shape index (κ1) is 29.5. The van der Waals surface area contributed by atoms with Gasteiger partial charge < -0.3 is 5.11 Å². The number of nitrogens with zero attached hydrogens (tertiary/aromatic N) is 3. The van der Waals surface area contributed by atoms with Gasteiger partial charge in [0.1, 0.15) is 11.6 Å². The zero-order valence-electron chi connectivity index (χ0n) is 32.6. The maximum absolute atomic E-state index is 11.2. The SMILES string of the molecule is [2H]C([2H])([2H])c1cc(-n2c(-c3ccccc3O)nc3c(-c4cc(-c5ccccc5)cc(-c5cc(-c6ccc(C)cc6)ccn5)c4)cccc32)ccc1-c1ccccc1. The average molecular weight is 699 g/mol. The molecular formula is C50H37N3O. The molecule has 0 atom stereocenters. The molecule has 0 amide bonds. The lowest BCUT2D eigenvalue weighted by Gasteiger charge is -2.14. The Hall–Kier alpha value is -7.04. The largest absolute Gasteiger partial charge is 0.507 e. The highest BCUT2D eigenvalue weighted by atomic mass is 16.3.